The fourth-order valence-corrected chi connectivity index (χ4v) is 3.81. The highest BCUT2D eigenvalue weighted by molar-refractivity contribution is 7.99. The second kappa shape index (κ2) is 8.59. The molecule has 2 heterocycles. The van der Waals surface area contributed by atoms with Crippen LogP contribution in [-0.4, -0.2) is 38.1 Å². The molecule has 3 aromatic rings. The number of thioether (sulfide) groups is 1. The van der Waals surface area contributed by atoms with Crippen molar-refractivity contribution in [2.75, 3.05) is 12.8 Å². The van der Waals surface area contributed by atoms with E-state index < -0.39 is 0 Å². The maximum atomic E-state index is 12.5. The summed E-state index contributed by atoms with van der Waals surface area (Å²) in [5.74, 6) is 0.351. The highest BCUT2D eigenvalue weighted by Gasteiger charge is 2.13. The van der Waals surface area contributed by atoms with Crippen LogP contribution in [0.2, 0.25) is 5.15 Å². The number of aromatic nitrogens is 3. The van der Waals surface area contributed by atoms with E-state index in [-0.39, 0.29) is 5.91 Å². The average Bonchev–Trinajstić information content (AvgIpc) is 3.09. The van der Waals surface area contributed by atoms with Gasteiger partial charge in [-0.2, -0.15) is 0 Å². The zero-order chi connectivity index (χ0) is 19.4. The van der Waals surface area contributed by atoms with E-state index in [0.717, 1.165) is 16.4 Å². The first kappa shape index (κ1) is 19.5. The van der Waals surface area contributed by atoms with Crippen molar-refractivity contribution in [3.05, 3.63) is 70.8 Å². The summed E-state index contributed by atoms with van der Waals surface area (Å²) in [6.45, 7) is 4.64. The fraction of sp³-hybridized carbons (Fsp3) is 0.250. The Balaban J connectivity index is 1.64. The molecule has 0 unspecified atom stereocenters. The molecule has 1 amide bonds. The van der Waals surface area contributed by atoms with Crippen molar-refractivity contribution in [1.82, 2.24) is 19.4 Å². The SMILES string of the molecule is Cc1cc(C)cc(-n2ccnc2SCC(=O)N(C)Cc2ccc(Cl)nc2)c1. The molecular formula is C20H21ClN4OS. The molecule has 0 saturated carbocycles. The monoisotopic (exact) mass is 400 g/mol. The standard InChI is InChI=1S/C20H21ClN4OS/c1-14-8-15(2)10-17(9-14)25-7-6-22-20(25)27-13-19(26)24(3)12-16-4-5-18(21)23-11-16/h4-11H,12-13H2,1-3H3. The second-order valence-corrected chi connectivity index (χ2v) is 7.78. The van der Waals surface area contributed by atoms with Crippen LogP contribution >= 0.6 is 23.4 Å². The number of hydrogen-bond acceptors (Lipinski definition) is 4. The lowest BCUT2D eigenvalue weighted by atomic mass is 10.1. The summed E-state index contributed by atoms with van der Waals surface area (Å²) < 4.78 is 2.01. The molecule has 0 N–H and O–H groups in total. The molecule has 0 aliphatic heterocycles. The number of carbonyl (C=O) groups is 1. The van der Waals surface area contributed by atoms with E-state index in [1.807, 2.05) is 16.8 Å². The van der Waals surface area contributed by atoms with E-state index >= 15 is 0 Å². The first-order valence-corrected chi connectivity index (χ1v) is 9.88. The largest absolute Gasteiger partial charge is 0.341 e. The van der Waals surface area contributed by atoms with Crippen LogP contribution in [0.1, 0.15) is 16.7 Å². The van der Waals surface area contributed by atoms with Gasteiger partial charge in [-0.15, -0.1) is 0 Å². The summed E-state index contributed by atoms with van der Waals surface area (Å²) in [4.78, 5) is 22.6. The number of hydrogen-bond donors (Lipinski definition) is 0. The van der Waals surface area contributed by atoms with Gasteiger partial charge in [-0.25, -0.2) is 9.97 Å². The first-order valence-electron chi connectivity index (χ1n) is 8.51. The molecule has 5 nitrogen and oxygen atoms in total. The second-order valence-electron chi connectivity index (χ2n) is 6.45. The summed E-state index contributed by atoms with van der Waals surface area (Å²) >= 11 is 7.23. The highest BCUT2D eigenvalue weighted by Crippen LogP contribution is 2.22. The lowest BCUT2D eigenvalue weighted by molar-refractivity contribution is -0.127. The third-order valence-electron chi connectivity index (χ3n) is 4.05. The van der Waals surface area contributed by atoms with Crippen molar-refractivity contribution < 1.29 is 4.79 Å². The van der Waals surface area contributed by atoms with Crippen molar-refractivity contribution in [3.63, 3.8) is 0 Å². The van der Waals surface area contributed by atoms with Gasteiger partial charge in [0.25, 0.3) is 0 Å². The molecule has 0 spiro atoms. The van der Waals surface area contributed by atoms with Crippen molar-refractivity contribution in [1.29, 1.82) is 0 Å². The van der Waals surface area contributed by atoms with E-state index in [0.29, 0.717) is 17.5 Å². The molecule has 140 valence electrons. The topological polar surface area (TPSA) is 51.0 Å². The summed E-state index contributed by atoms with van der Waals surface area (Å²) in [6.07, 6.45) is 5.36. The number of rotatable bonds is 6. The van der Waals surface area contributed by atoms with Gasteiger partial charge in [-0.1, -0.05) is 35.5 Å². The number of carbonyl (C=O) groups excluding carboxylic acids is 1. The molecule has 0 aliphatic rings. The third-order valence-corrected chi connectivity index (χ3v) is 5.23. The lowest BCUT2D eigenvalue weighted by Crippen LogP contribution is -2.28. The van der Waals surface area contributed by atoms with Gasteiger partial charge < -0.3 is 4.90 Å². The van der Waals surface area contributed by atoms with E-state index in [1.165, 1.54) is 22.9 Å². The number of nitrogens with zero attached hydrogens (tertiary/aromatic N) is 4. The molecule has 0 radical (unpaired) electrons. The van der Waals surface area contributed by atoms with Gasteiger partial charge >= 0.3 is 0 Å². The van der Waals surface area contributed by atoms with Crippen LogP contribution < -0.4 is 0 Å². The Labute approximate surface area is 168 Å². The van der Waals surface area contributed by atoms with Gasteiger partial charge in [0.05, 0.1) is 5.75 Å². The number of benzene rings is 1. The third kappa shape index (κ3) is 5.11. The Kier molecular flexibility index (Phi) is 6.19. The fourth-order valence-electron chi connectivity index (χ4n) is 2.78. The van der Waals surface area contributed by atoms with Gasteiger partial charge in [0.2, 0.25) is 5.91 Å². The Hall–Kier alpha value is -2.31. The van der Waals surface area contributed by atoms with Crippen LogP contribution in [0.5, 0.6) is 0 Å². The number of halogens is 1. The maximum Gasteiger partial charge on any atom is 0.233 e. The summed E-state index contributed by atoms with van der Waals surface area (Å²) in [6, 6.07) is 9.96. The molecule has 2 aromatic heterocycles. The minimum absolute atomic E-state index is 0.0323. The van der Waals surface area contributed by atoms with Crippen LogP contribution in [-0.2, 0) is 11.3 Å². The lowest BCUT2D eigenvalue weighted by Gasteiger charge is -2.17. The summed E-state index contributed by atoms with van der Waals surface area (Å²) in [5.41, 5.74) is 4.39. The van der Waals surface area contributed by atoms with Gasteiger partial charge in [0.15, 0.2) is 5.16 Å². The van der Waals surface area contributed by atoms with Crippen molar-refractivity contribution >= 4 is 29.3 Å². The minimum Gasteiger partial charge on any atom is -0.341 e. The molecule has 27 heavy (non-hydrogen) atoms. The zero-order valence-corrected chi connectivity index (χ0v) is 17.1. The summed E-state index contributed by atoms with van der Waals surface area (Å²) in [7, 11) is 1.79. The zero-order valence-electron chi connectivity index (χ0n) is 15.5. The molecule has 0 atom stereocenters. The first-order chi connectivity index (χ1) is 12.9. The summed E-state index contributed by atoms with van der Waals surface area (Å²) in [5, 5.41) is 1.25. The predicted molar refractivity (Wildman–Crippen MR) is 109 cm³/mol. The van der Waals surface area contributed by atoms with Crippen LogP contribution in [0.25, 0.3) is 5.69 Å². The quantitative estimate of drug-likeness (QED) is 0.457. The van der Waals surface area contributed by atoms with Gasteiger partial charge in [-0.3, -0.25) is 9.36 Å². The Morgan fingerprint density at radius 1 is 1.19 bits per heavy atom. The van der Waals surface area contributed by atoms with Gasteiger partial charge in [0, 0.05) is 37.9 Å². The van der Waals surface area contributed by atoms with E-state index in [2.05, 4.69) is 42.0 Å². The molecule has 0 saturated heterocycles. The molecule has 3 rings (SSSR count). The van der Waals surface area contributed by atoms with E-state index in [4.69, 9.17) is 11.6 Å². The van der Waals surface area contributed by atoms with E-state index in [1.54, 1.807) is 30.4 Å². The maximum absolute atomic E-state index is 12.5. The molecular weight excluding hydrogens is 380 g/mol. The molecule has 0 aliphatic carbocycles. The Bertz CT molecular complexity index is 919. The average molecular weight is 401 g/mol. The Morgan fingerprint density at radius 3 is 2.59 bits per heavy atom. The van der Waals surface area contributed by atoms with Gasteiger partial charge in [-0.05, 0) is 48.7 Å². The minimum atomic E-state index is 0.0323. The number of pyridine rings is 1. The number of aryl methyl sites for hydroxylation is 2. The number of imidazole rings is 1. The number of amides is 1. The highest BCUT2D eigenvalue weighted by atomic mass is 35.5. The van der Waals surface area contributed by atoms with Crippen molar-refractivity contribution in [3.8, 4) is 5.69 Å². The smallest absolute Gasteiger partial charge is 0.233 e. The van der Waals surface area contributed by atoms with Crippen LogP contribution in [0.15, 0.2) is 54.1 Å². The van der Waals surface area contributed by atoms with Crippen molar-refractivity contribution in [2.45, 2.75) is 25.5 Å². The predicted octanol–water partition coefficient (Wildman–Crippen LogP) is 4.29. The molecule has 1 aromatic carbocycles. The van der Waals surface area contributed by atoms with Crippen LogP contribution in [0.3, 0.4) is 0 Å². The van der Waals surface area contributed by atoms with Gasteiger partial charge in [0.1, 0.15) is 5.15 Å². The molecule has 7 heteroatoms. The normalized spacial score (nSPS) is 10.8. The molecule has 0 fully saturated rings. The van der Waals surface area contributed by atoms with Crippen LogP contribution in [0.4, 0.5) is 0 Å². The van der Waals surface area contributed by atoms with Crippen LogP contribution in [0, 0.1) is 13.8 Å². The van der Waals surface area contributed by atoms with E-state index in [9.17, 15) is 4.79 Å². The Morgan fingerprint density at radius 2 is 1.93 bits per heavy atom. The molecule has 0 bridgehead atoms. The van der Waals surface area contributed by atoms with Crippen molar-refractivity contribution in [2.24, 2.45) is 0 Å².